The highest BCUT2D eigenvalue weighted by Crippen LogP contribution is 2.22. The standard InChI is InChI=1S/C21H33N3O2/c1-16-12-17(2)15-24(14-16)21(25)18(3)22-8-10-23(11-9-22)19-6-5-7-20(13-19)26-4/h5-7,13,16-18H,8-12,14-15H2,1-4H3/p+1/t16-,17+,18-/m1/s1. The summed E-state index contributed by atoms with van der Waals surface area (Å²) in [5.74, 6) is 2.48. The minimum absolute atomic E-state index is 0.0555. The largest absolute Gasteiger partial charge is 0.497 e. The quantitative estimate of drug-likeness (QED) is 0.879. The van der Waals surface area contributed by atoms with Gasteiger partial charge in [-0.3, -0.25) is 4.79 Å². The minimum atomic E-state index is 0.0555. The Morgan fingerprint density at radius 2 is 1.85 bits per heavy atom. The molecule has 1 amide bonds. The van der Waals surface area contributed by atoms with Crippen LogP contribution in [-0.2, 0) is 4.79 Å². The number of anilines is 1. The zero-order valence-electron chi connectivity index (χ0n) is 16.7. The number of carbonyl (C=O) groups is 1. The van der Waals surface area contributed by atoms with Crippen molar-refractivity contribution in [3.8, 4) is 5.75 Å². The van der Waals surface area contributed by atoms with Gasteiger partial charge >= 0.3 is 0 Å². The molecule has 0 spiro atoms. The van der Waals surface area contributed by atoms with Crippen molar-refractivity contribution in [3.05, 3.63) is 24.3 Å². The lowest BCUT2D eigenvalue weighted by Crippen LogP contribution is -3.19. The van der Waals surface area contributed by atoms with Crippen molar-refractivity contribution >= 4 is 11.6 Å². The fraction of sp³-hybridized carbons (Fsp3) is 0.667. The first-order valence-corrected chi connectivity index (χ1v) is 10.00. The molecule has 3 atom stereocenters. The number of carbonyl (C=O) groups excluding carboxylic acids is 1. The molecular weight excluding hydrogens is 326 g/mol. The smallest absolute Gasteiger partial charge is 0.280 e. The number of rotatable bonds is 4. The van der Waals surface area contributed by atoms with Gasteiger partial charge in [0.25, 0.3) is 5.91 Å². The Morgan fingerprint density at radius 1 is 1.19 bits per heavy atom. The van der Waals surface area contributed by atoms with Crippen molar-refractivity contribution < 1.29 is 14.4 Å². The van der Waals surface area contributed by atoms with Gasteiger partial charge in [-0.1, -0.05) is 19.9 Å². The number of hydrogen-bond donors (Lipinski definition) is 1. The Bertz CT molecular complexity index is 603. The first-order chi connectivity index (χ1) is 12.5. The van der Waals surface area contributed by atoms with Gasteiger partial charge in [-0.25, -0.2) is 0 Å². The first-order valence-electron chi connectivity index (χ1n) is 10.00. The zero-order valence-corrected chi connectivity index (χ0v) is 16.7. The van der Waals surface area contributed by atoms with Crippen LogP contribution >= 0.6 is 0 Å². The van der Waals surface area contributed by atoms with Crippen molar-refractivity contribution in [2.45, 2.75) is 33.2 Å². The predicted octanol–water partition coefficient (Wildman–Crippen LogP) is 1.29. The second-order valence-electron chi connectivity index (χ2n) is 8.26. The minimum Gasteiger partial charge on any atom is -0.497 e. The molecule has 2 aliphatic rings. The number of ether oxygens (including phenoxy) is 1. The fourth-order valence-corrected chi connectivity index (χ4v) is 4.58. The maximum absolute atomic E-state index is 13.0. The van der Waals surface area contributed by atoms with Crippen LogP contribution in [0.1, 0.15) is 27.2 Å². The number of piperidine rings is 1. The van der Waals surface area contributed by atoms with E-state index in [-0.39, 0.29) is 6.04 Å². The van der Waals surface area contributed by atoms with Crippen LogP contribution in [0.5, 0.6) is 5.75 Å². The van der Waals surface area contributed by atoms with E-state index in [0.29, 0.717) is 17.7 Å². The Labute approximate surface area is 157 Å². The van der Waals surface area contributed by atoms with E-state index in [0.717, 1.165) is 45.0 Å². The summed E-state index contributed by atoms with van der Waals surface area (Å²) in [6.45, 7) is 12.5. The molecule has 2 saturated heterocycles. The molecule has 5 nitrogen and oxygen atoms in total. The lowest BCUT2D eigenvalue weighted by atomic mass is 9.91. The molecule has 2 fully saturated rings. The van der Waals surface area contributed by atoms with Crippen molar-refractivity contribution in [1.29, 1.82) is 0 Å². The summed E-state index contributed by atoms with van der Waals surface area (Å²) in [5, 5.41) is 0. The third-order valence-electron chi connectivity index (χ3n) is 5.99. The monoisotopic (exact) mass is 360 g/mol. The summed E-state index contributed by atoms with van der Waals surface area (Å²) < 4.78 is 5.34. The van der Waals surface area contributed by atoms with Gasteiger partial charge in [0.05, 0.1) is 33.3 Å². The molecule has 0 unspecified atom stereocenters. The molecular formula is C21H34N3O2+. The maximum Gasteiger partial charge on any atom is 0.280 e. The number of hydrogen-bond acceptors (Lipinski definition) is 3. The van der Waals surface area contributed by atoms with E-state index >= 15 is 0 Å². The highest BCUT2D eigenvalue weighted by Gasteiger charge is 2.34. The molecule has 3 rings (SSSR count). The van der Waals surface area contributed by atoms with Gasteiger partial charge in [-0.2, -0.15) is 0 Å². The number of piperazine rings is 1. The Morgan fingerprint density at radius 3 is 2.46 bits per heavy atom. The molecule has 0 radical (unpaired) electrons. The summed E-state index contributed by atoms with van der Waals surface area (Å²) in [6, 6.07) is 8.30. The SMILES string of the molecule is COc1cccc(N2CC[NH+]([C@H](C)C(=O)N3C[C@H](C)C[C@H](C)C3)CC2)c1. The Kier molecular flexibility index (Phi) is 6.07. The number of amides is 1. The second kappa shape index (κ2) is 8.30. The molecule has 2 aliphatic heterocycles. The van der Waals surface area contributed by atoms with E-state index in [1.54, 1.807) is 7.11 Å². The van der Waals surface area contributed by atoms with Crippen LogP contribution in [0, 0.1) is 11.8 Å². The molecule has 0 saturated carbocycles. The summed E-state index contributed by atoms with van der Waals surface area (Å²) in [5.41, 5.74) is 1.21. The van der Waals surface area contributed by atoms with E-state index in [1.165, 1.54) is 17.0 Å². The van der Waals surface area contributed by atoms with Crippen LogP contribution in [0.4, 0.5) is 5.69 Å². The van der Waals surface area contributed by atoms with Crippen LogP contribution < -0.4 is 14.5 Å². The van der Waals surface area contributed by atoms with Crippen LogP contribution in [0.2, 0.25) is 0 Å². The molecule has 26 heavy (non-hydrogen) atoms. The number of nitrogens with zero attached hydrogens (tertiary/aromatic N) is 2. The zero-order chi connectivity index (χ0) is 18.7. The van der Waals surface area contributed by atoms with Crippen LogP contribution in [0.25, 0.3) is 0 Å². The van der Waals surface area contributed by atoms with Gasteiger partial charge in [-0.05, 0) is 37.3 Å². The molecule has 0 aliphatic carbocycles. The van der Waals surface area contributed by atoms with Crippen LogP contribution in [-0.4, -0.2) is 63.2 Å². The Balaban J connectivity index is 1.56. The highest BCUT2D eigenvalue weighted by atomic mass is 16.5. The normalized spacial score (nSPS) is 25.8. The summed E-state index contributed by atoms with van der Waals surface area (Å²) >= 11 is 0. The van der Waals surface area contributed by atoms with E-state index in [4.69, 9.17) is 4.74 Å². The van der Waals surface area contributed by atoms with Crippen molar-refractivity contribution in [2.24, 2.45) is 11.8 Å². The molecule has 1 aromatic carbocycles. The molecule has 144 valence electrons. The number of nitrogens with one attached hydrogen (secondary N) is 1. The van der Waals surface area contributed by atoms with Gasteiger partial charge in [0.15, 0.2) is 6.04 Å². The second-order valence-corrected chi connectivity index (χ2v) is 8.26. The van der Waals surface area contributed by atoms with Gasteiger partial charge in [0, 0.05) is 24.8 Å². The van der Waals surface area contributed by atoms with Crippen LogP contribution in [0.3, 0.4) is 0 Å². The van der Waals surface area contributed by atoms with Gasteiger partial charge < -0.3 is 19.4 Å². The molecule has 0 bridgehead atoms. The topological polar surface area (TPSA) is 37.2 Å². The third kappa shape index (κ3) is 4.32. The maximum atomic E-state index is 13.0. The first kappa shape index (κ1) is 19.0. The van der Waals surface area contributed by atoms with E-state index < -0.39 is 0 Å². The van der Waals surface area contributed by atoms with E-state index in [1.807, 2.05) is 12.1 Å². The molecule has 2 heterocycles. The van der Waals surface area contributed by atoms with Gasteiger partial charge in [0.1, 0.15) is 5.75 Å². The number of quaternary nitrogens is 1. The molecule has 0 aromatic heterocycles. The number of methoxy groups -OCH3 is 1. The summed E-state index contributed by atoms with van der Waals surface area (Å²) in [7, 11) is 1.71. The van der Waals surface area contributed by atoms with Crippen molar-refractivity contribution in [1.82, 2.24) is 4.90 Å². The van der Waals surface area contributed by atoms with Gasteiger partial charge in [0.2, 0.25) is 0 Å². The van der Waals surface area contributed by atoms with E-state index in [9.17, 15) is 4.79 Å². The van der Waals surface area contributed by atoms with Crippen LogP contribution in [0.15, 0.2) is 24.3 Å². The average molecular weight is 361 g/mol. The molecule has 1 aromatic rings. The highest BCUT2D eigenvalue weighted by molar-refractivity contribution is 5.80. The summed E-state index contributed by atoms with van der Waals surface area (Å²) in [4.78, 5) is 18.9. The lowest BCUT2D eigenvalue weighted by Gasteiger charge is -2.40. The molecule has 5 heteroatoms. The van der Waals surface area contributed by atoms with Gasteiger partial charge in [-0.15, -0.1) is 0 Å². The van der Waals surface area contributed by atoms with Crippen molar-refractivity contribution in [2.75, 3.05) is 51.3 Å². The summed E-state index contributed by atoms with van der Waals surface area (Å²) in [6.07, 6.45) is 1.24. The molecule has 1 N–H and O–H groups in total. The Hall–Kier alpha value is -1.75. The third-order valence-corrected chi connectivity index (χ3v) is 5.99. The van der Waals surface area contributed by atoms with Crippen molar-refractivity contribution in [3.63, 3.8) is 0 Å². The van der Waals surface area contributed by atoms with E-state index in [2.05, 4.69) is 42.7 Å². The fourth-order valence-electron chi connectivity index (χ4n) is 4.58. The predicted molar refractivity (Wildman–Crippen MR) is 105 cm³/mol. The lowest BCUT2D eigenvalue weighted by molar-refractivity contribution is -0.915. The number of likely N-dealkylation sites (tertiary alicyclic amines) is 1. The number of benzene rings is 1. The average Bonchev–Trinajstić information content (AvgIpc) is 2.66.